The summed E-state index contributed by atoms with van der Waals surface area (Å²) in [5.74, 6) is -5.55. The van der Waals surface area contributed by atoms with Gasteiger partial charge in [-0.2, -0.15) is 0 Å². The number of aliphatic hydroxyl groups excluding tert-OH is 2. The molecule has 0 spiro atoms. The highest BCUT2D eigenvalue weighted by Gasteiger charge is 2.35. The second kappa shape index (κ2) is 12.8. The highest BCUT2D eigenvalue weighted by Crippen LogP contribution is 2.07. The Morgan fingerprint density at radius 3 is 1.61 bits per heavy atom. The van der Waals surface area contributed by atoms with Gasteiger partial charge < -0.3 is 42.7 Å². The van der Waals surface area contributed by atoms with E-state index in [9.17, 15) is 34.2 Å². The van der Waals surface area contributed by atoms with Crippen LogP contribution in [-0.4, -0.2) is 81.3 Å². The van der Waals surface area contributed by atoms with E-state index in [4.69, 9.17) is 16.6 Å². The number of rotatable bonds is 13. The highest BCUT2D eigenvalue weighted by molar-refractivity contribution is 5.95. The fraction of sp³-hybridized carbons (Fsp3) is 0.722. The van der Waals surface area contributed by atoms with Gasteiger partial charge in [0.1, 0.15) is 18.1 Å². The van der Waals surface area contributed by atoms with E-state index in [2.05, 4.69) is 10.6 Å². The molecule has 0 saturated carbocycles. The van der Waals surface area contributed by atoms with Gasteiger partial charge in [-0.05, 0) is 19.8 Å². The van der Waals surface area contributed by atoms with Gasteiger partial charge in [0, 0.05) is 0 Å². The Morgan fingerprint density at radius 2 is 1.26 bits per heavy atom. The van der Waals surface area contributed by atoms with Crippen molar-refractivity contribution in [3.8, 4) is 0 Å². The lowest BCUT2D eigenvalue weighted by Crippen LogP contribution is -2.62. The molecule has 7 unspecified atom stereocenters. The van der Waals surface area contributed by atoms with Crippen molar-refractivity contribution in [2.24, 2.45) is 17.4 Å². The lowest BCUT2D eigenvalue weighted by Gasteiger charge is -2.28. The van der Waals surface area contributed by atoms with Crippen molar-refractivity contribution < 1.29 is 39.3 Å². The van der Waals surface area contributed by atoms with Crippen molar-refractivity contribution >= 4 is 29.6 Å². The summed E-state index contributed by atoms with van der Waals surface area (Å²) in [4.78, 5) is 59.4. The first-order valence-electron chi connectivity index (χ1n) is 9.76. The monoisotopic (exact) mass is 447 g/mol. The summed E-state index contributed by atoms with van der Waals surface area (Å²) >= 11 is 0. The summed E-state index contributed by atoms with van der Waals surface area (Å²) in [5.41, 5.74) is 10.8. The molecule has 4 amide bonds. The molecule has 31 heavy (non-hydrogen) atoms. The van der Waals surface area contributed by atoms with Gasteiger partial charge in [0.25, 0.3) is 0 Å². The normalized spacial score (nSPS) is 17.8. The second-order valence-corrected chi connectivity index (χ2v) is 7.43. The van der Waals surface area contributed by atoms with Crippen molar-refractivity contribution in [1.82, 2.24) is 16.0 Å². The van der Waals surface area contributed by atoms with Crippen molar-refractivity contribution in [3.63, 3.8) is 0 Å². The highest BCUT2D eigenvalue weighted by atomic mass is 16.4. The molecule has 7 atom stereocenters. The smallest absolute Gasteiger partial charge is 0.326 e. The number of hydrogen-bond donors (Lipinski definition) is 8. The van der Waals surface area contributed by atoms with Gasteiger partial charge in [0.05, 0.1) is 24.7 Å². The SMILES string of the molecule is CCC(C)C(N)C(=O)NC(C(=O)NC(C(=O)NC(CC(N)=O)C(=O)O)C(C)O)C(C)O. The summed E-state index contributed by atoms with van der Waals surface area (Å²) in [6.45, 7) is 5.94. The minimum Gasteiger partial charge on any atom is -0.480 e. The fourth-order valence-corrected chi connectivity index (χ4v) is 2.48. The van der Waals surface area contributed by atoms with Gasteiger partial charge in [0.15, 0.2) is 0 Å². The maximum atomic E-state index is 12.6. The molecule has 0 aliphatic carbocycles. The molecule has 0 heterocycles. The van der Waals surface area contributed by atoms with Crippen LogP contribution < -0.4 is 27.4 Å². The number of carbonyl (C=O) groups is 5. The van der Waals surface area contributed by atoms with Crippen LogP contribution in [-0.2, 0) is 24.0 Å². The van der Waals surface area contributed by atoms with Crippen LogP contribution in [0.3, 0.4) is 0 Å². The van der Waals surface area contributed by atoms with Crippen LogP contribution in [0.2, 0.25) is 0 Å². The zero-order chi connectivity index (χ0) is 24.5. The zero-order valence-electron chi connectivity index (χ0n) is 18.0. The van der Waals surface area contributed by atoms with E-state index in [1.54, 1.807) is 6.92 Å². The van der Waals surface area contributed by atoms with Crippen LogP contribution in [0.4, 0.5) is 0 Å². The van der Waals surface area contributed by atoms with E-state index in [-0.39, 0.29) is 5.92 Å². The maximum Gasteiger partial charge on any atom is 0.326 e. The number of carboxylic acids is 1. The molecule has 0 saturated heterocycles. The minimum atomic E-state index is -1.68. The van der Waals surface area contributed by atoms with Crippen LogP contribution in [0.5, 0.6) is 0 Å². The van der Waals surface area contributed by atoms with Crippen LogP contribution >= 0.6 is 0 Å². The van der Waals surface area contributed by atoms with E-state index < -0.39 is 72.4 Å². The molecule has 0 radical (unpaired) electrons. The van der Waals surface area contributed by atoms with Crippen molar-refractivity contribution in [2.75, 3.05) is 0 Å². The first kappa shape index (κ1) is 28.2. The van der Waals surface area contributed by atoms with E-state index >= 15 is 0 Å². The molecular formula is C18H33N5O8. The number of primary amides is 1. The molecule has 13 heteroatoms. The van der Waals surface area contributed by atoms with Gasteiger partial charge in [-0.3, -0.25) is 19.2 Å². The lowest BCUT2D eigenvalue weighted by molar-refractivity contribution is -0.144. The Hall–Kier alpha value is -2.77. The number of aliphatic carboxylic acids is 1. The number of carboxylic acid groups (broad SMARTS) is 1. The average molecular weight is 447 g/mol. The molecule has 10 N–H and O–H groups in total. The first-order chi connectivity index (χ1) is 14.2. The number of aliphatic hydroxyl groups is 2. The predicted octanol–water partition coefficient (Wildman–Crippen LogP) is -3.46. The molecule has 0 aliphatic rings. The Kier molecular flexibility index (Phi) is 11.7. The third-order valence-corrected chi connectivity index (χ3v) is 4.70. The van der Waals surface area contributed by atoms with E-state index in [0.29, 0.717) is 6.42 Å². The van der Waals surface area contributed by atoms with Crippen LogP contribution in [0.25, 0.3) is 0 Å². The Bertz CT molecular complexity index is 669. The summed E-state index contributed by atoms with van der Waals surface area (Å²) in [6.07, 6.45) is -2.98. The van der Waals surface area contributed by atoms with Crippen molar-refractivity contribution in [1.29, 1.82) is 0 Å². The lowest BCUT2D eigenvalue weighted by atomic mass is 9.98. The van der Waals surface area contributed by atoms with Crippen LogP contribution in [0, 0.1) is 5.92 Å². The van der Waals surface area contributed by atoms with Gasteiger partial charge in [0.2, 0.25) is 23.6 Å². The molecule has 0 aromatic carbocycles. The second-order valence-electron chi connectivity index (χ2n) is 7.43. The van der Waals surface area contributed by atoms with Crippen molar-refractivity contribution in [2.45, 2.75) is 76.9 Å². The topological polar surface area (TPSA) is 234 Å². The Morgan fingerprint density at radius 1 is 0.839 bits per heavy atom. The molecule has 0 bridgehead atoms. The van der Waals surface area contributed by atoms with Gasteiger partial charge in [-0.25, -0.2) is 4.79 Å². The summed E-state index contributed by atoms with van der Waals surface area (Å²) in [6, 6.07) is -5.77. The predicted molar refractivity (Wildman–Crippen MR) is 108 cm³/mol. The zero-order valence-corrected chi connectivity index (χ0v) is 18.0. The number of nitrogens with one attached hydrogen (secondary N) is 3. The fourth-order valence-electron chi connectivity index (χ4n) is 2.48. The maximum absolute atomic E-state index is 12.6. The molecule has 0 fully saturated rings. The number of carbonyl (C=O) groups excluding carboxylic acids is 4. The van der Waals surface area contributed by atoms with Gasteiger partial charge in [-0.15, -0.1) is 0 Å². The Balaban J connectivity index is 5.41. The summed E-state index contributed by atoms with van der Waals surface area (Å²) in [7, 11) is 0. The van der Waals surface area contributed by atoms with Gasteiger partial charge >= 0.3 is 5.97 Å². The molecular weight excluding hydrogens is 414 g/mol. The molecule has 13 nitrogen and oxygen atoms in total. The first-order valence-corrected chi connectivity index (χ1v) is 9.76. The summed E-state index contributed by atoms with van der Waals surface area (Å²) in [5, 5.41) is 35.3. The van der Waals surface area contributed by atoms with Crippen LogP contribution in [0.15, 0.2) is 0 Å². The van der Waals surface area contributed by atoms with Crippen molar-refractivity contribution in [3.05, 3.63) is 0 Å². The summed E-state index contributed by atoms with van der Waals surface area (Å²) < 4.78 is 0. The molecule has 0 aromatic rings. The molecule has 0 aliphatic heterocycles. The van der Waals surface area contributed by atoms with Crippen LogP contribution in [0.1, 0.15) is 40.5 Å². The van der Waals surface area contributed by atoms with E-state index in [1.165, 1.54) is 6.92 Å². The third-order valence-electron chi connectivity index (χ3n) is 4.70. The minimum absolute atomic E-state index is 0.202. The van der Waals surface area contributed by atoms with Gasteiger partial charge in [-0.1, -0.05) is 20.3 Å². The quantitative estimate of drug-likeness (QED) is 0.140. The molecule has 178 valence electrons. The largest absolute Gasteiger partial charge is 0.480 e. The average Bonchev–Trinajstić information content (AvgIpc) is 2.66. The number of nitrogens with two attached hydrogens (primary N) is 2. The Labute approximate surface area is 179 Å². The number of amides is 4. The standard InChI is InChI=1S/C18H33N5O8/c1-5-7(2)12(20)15(27)22-14(9(4)25)17(29)23-13(8(3)24)16(28)21-10(18(30)31)6-11(19)26/h7-10,12-14,24-25H,5-6,20H2,1-4H3,(H2,19,26)(H,21,28)(H,22,27)(H,23,29)(H,30,31). The number of hydrogen-bond acceptors (Lipinski definition) is 8. The molecule has 0 aromatic heterocycles. The third kappa shape index (κ3) is 9.27. The van der Waals surface area contributed by atoms with E-state index in [1.807, 2.05) is 12.2 Å². The van der Waals surface area contributed by atoms with E-state index in [0.717, 1.165) is 6.92 Å². The molecule has 0 rings (SSSR count).